The van der Waals surface area contributed by atoms with Gasteiger partial charge in [0.15, 0.2) is 11.5 Å². The zero-order chi connectivity index (χ0) is 21.0. The number of methoxy groups -OCH3 is 2. The van der Waals surface area contributed by atoms with Gasteiger partial charge in [0.1, 0.15) is 11.3 Å². The number of fused-ring (bicyclic) bond motifs is 1. The number of aryl methyl sites for hydroxylation is 2. The molecule has 1 heterocycles. The standard InChI is InChI=1S/C22H24N2O5/c1-13-7-9-15-17(11-13)29-21(22(23)26)20(15)24-19(25)6-4-5-14-8-10-16(27-2)18(12-14)28-3/h7-12H,4-6H2,1-3H3,(H2,23,26)(H,24,25). The molecule has 0 aliphatic rings. The van der Waals surface area contributed by atoms with Gasteiger partial charge in [-0.2, -0.15) is 0 Å². The van der Waals surface area contributed by atoms with Gasteiger partial charge in [-0.05, 0) is 55.2 Å². The minimum atomic E-state index is -0.723. The van der Waals surface area contributed by atoms with Crippen LogP contribution in [0, 0.1) is 6.92 Å². The molecular formula is C22H24N2O5. The van der Waals surface area contributed by atoms with E-state index in [1.165, 1.54) is 0 Å². The summed E-state index contributed by atoms with van der Waals surface area (Å²) < 4.78 is 16.1. The normalized spacial score (nSPS) is 10.7. The molecule has 29 heavy (non-hydrogen) atoms. The van der Waals surface area contributed by atoms with Gasteiger partial charge in [-0.15, -0.1) is 0 Å². The number of hydrogen-bond acceptors (Lipinski definition) is 5. The Morgan fingerprint density at radius 3 is 2.52 bits per heavy atom. The summed E-state index contributed by atoms with van der Waals surface area (Å²) in [6.45, 7) is 1.91. The smallest absolute Gasteiger partial charge is 0.286 e. The lowest BCUT2D eigenvalue weighted by molar-refractivity contribution is -0.116. The largest absolute Gasteiger partial charge is 0.493 e. The molecule has 0 aliphatic heterocycles. The highest BCUT2D eigenvalue weighted by Crippen LogP contribution is 2.32. The molecule has 0 atom stereocenters. The molecule has 7 nitrogen and oxygen atoms in total. The molecule has 0 bridgehead atoms. The number of benzene rings is 2. The van der Waals surface area contributed by atoms with Gasteiger partial charge in [0.25, 0.3) is 5.91 Å². The van der Waals surface area contributed by atoms with Crippen LogP contribution >= 0.6 is 0 Å². The van der Waals surface area contributed by atoms with Gasteiger partial charge in [0.2, 0.25) is 11.7 Å². The van der Waals surface area contributed by atoms with Crippen molar-refractivity contribution in [2.75, 3.05) is 19.5 Å². The minimum absolute atomic E-state index is 0.0427. The number of furan rings is 1. The molecule has 0 saturated heterocycles. The van der Waals surface area contributed by atoms with Crippen molar-refractivity contribution in [3.05, 3.63) is 53.3 Å². The van der Waals surface area contributed by atoms with Crippen molar-refractivity contribution in [3.8, 4) is 11.5 Å². The third kappa shape index (κ3) is 4.51. The van der Waals surface area contributed by atoms with Crippen molar-refractivity contribution in [1.82, 2.24) is 0 Å². The summed E-state index contributed by atoms with van der Waals surface area (Å²) in [6.07, 6.45) is 1.61. The molecule has 2 aromatic carbocycles. The maximum atomic E-state index is 12.5. The molecule has 7 heteroatoms. The Kier molecular flexibility index (Phi) is 6.07. The molecule has 2 amide bonds. The molecular weight excluding hydrogens is 372 g/mol. The van der Waals surface area contributed by atoms with Crippen molar-refractivity contribution in [2.24, 2.45) is 5.73 Å². The molecule has 0 aliphatic carbocycles. The summed E-state index contributed by atoms with van der Waals surface area (Å²) in [6, 6.07) is 11.2. The number of carbonyl (C=O) groups is 2. The fourth-order valence-corrected chi connectivity index (χ4v) is 3.19. The molecule has 152 valence electrons. The second-order valence-electron chi connectivity index (χ2n) is 6.76. The van der Waals surface area contributed by atoms with E-state index in [4.69, 9.17) is 19.6 Å². The Morgan fingerprint density at radius 1 is 1.07 bits per heavy atom. The summed E-state index contributed by atoms with van der Waals surface area (Å²) in [5.41, 5.74) is 8.27. The molecule has 1 aromatic heterocycles. The topological polar surface area (TPSA) is 104 Å². The molecule has 0 fully saturated rings. The molecule has 3 aromatic rings. The van der Waals surface area contributed by atoms with Crippen molar-refractivity contribution < 1.29 is 23.5 Å². The second-order valence-corrected chi connectivity index (χ2v) is 6.76. The first-order valence-electron chi connectivity index (χ1n) is 9.26. The average Bonchev–Trinajstić information content (AvgIpc) is 3.05. The number of ether oxygens (including phenoxy) is 2. The molecule has 3 rings (SSSR count). The van der Waals surface area contributed by atoms with Gasteiger partial charge in [-0.1, -0.05) is 12.1 Å². The zero-order valence-corrected chi connectivity index (χ0v) is 16.7. The fraction of sp³-hybridized carbons (Fsp3) is 0.273. The highest BCUT2D eigenvalue weighted by molar-refractivity contribution is 6.10. The Labute approximate surface area is 168 Å². The van der Waals surface area contributed by atoms with Crippen LogP contribution in [0.25, 0.3) is 11.0 Å². The van der Waals surface area contributed by atoms with E-state index in [1.807, 2.05) is 31.2 Å². The van der Waals surface area contributed by atoms with E-state index in [0.717, 1.165) is 11.1 Å². The third-order valence-corrected chi connectivity index (χ3v) is 4.65. The van der Waals surface area contributed by atoms with E-state index in [1.54, 1.807) is 26.4 Å². The summed E-state index contributed by atoms with van der Waals surface area (Å²) in [5.74, 6) is 0.338. The summed E-state index contributed by atoms with van der Waals surface area (Å²) in [7, 11) is 3.17. The fourth-order valence-electron chi connectivity index (χ4n) is 3.19. The number of nitrogens with two attached hydrogens (primary N) is 1. The molecule has 0 radical (unpaired) electrons. The molecule has 0 spiro atoms. The monoisotopic (exact) mass is 396 g/mol. The molecule has 0 unspecified atom stereocenters. The van der Waals surface area contributed by atoms with Crippen molar-refractivity contribution in [1.29, 1.82) is 0 Å². The number of carbonyl (C=O) groups excluding carboxylic acids is 2. The first-order valence-corrected chi connectivity index (χ1v) is 9.26. The van der Waals surface area contributed by atoms with Gasteiger partial charge in [-0.3, -0.25) is 9.59 Å². The van der Waals surface area contributed by atoms with Crippen LogP contribution in [0.5, 0.6) is 11.5 Å². The summed E-state index contributed by atoms with van der Waals surface area (Å²) in [5, 5.41) is 3.43. The second kappa shape index (κ2) is 8.68. The highest BCUT2D eigenvalue weighted by Gasteiger charge is 2.20. The van der Waals surface area contributed by atoms with E-state index < -0.39 is 5.91 Å². The summed E-state index contributed by atoms with van der Waals surface area (Å²) >= 11 is 0. The van der Waals surface area contributed by atoms with Gasteiger partial charge < -0.3 is 24.9 Å². The van der Waals surface area contributed by atoms with Gasteiger partial charge >= 0.3 is 0 Å². The first-order chi connectivity index (χ1) is 13.9. The average molecular weight is 396 g/mol. The van der Waals surface area contributed by atoms with Crippen LogP contribution in [0.15, 0.2) is 40.8 Å². The van der Waals surface area contributed by atoms with E-state index in [9.17, 15) is 9.59 Å². The SMILES string of the molecule is COc1ccc(CCCC(=O)Nc2c(C(N)=O)oc3cc(C)ccc23)cc1OC. The maximum Gasteiger partial charge on any atom is 0.286 e. The Hall–Kier alpha value is -3.48. The van der Waals surface area contributed by atoms with Gasteiger partial charge in [-0.25, -0.2) is 0 Å². The number of rotatable bonds is 8. The van der Waals surface area contributed by atoms with Crippen LogP contribution < -0.4 is 20.5 Å². The van der Waals surface area contributed by atoms with Crippen molar-refractivity contribution in [3.63, 3.8) is 0 Å². The van der Waals surface area contributed by atoms with E-state index in [0.29, 0.717) is 41.0 Å². The predicted octanol–water partition coefficient (Wildman–Crippen LogP) is 3.82. The quantitative estimate of drug-likeness (QED) is 0.602. The summed E-state index contributed by atoms with van der Waals surface area (Å²) in [4.78, 5) is 24.2. The third-order valence-electron chi connectivity index (χ3n) is 4.65. The Bertz CT molecular complexity index is 1050. The van der Waals surface area contributed by atoms with Crippen LogP contribution in [0.3, 0.4) is 0 Å². The lowest BCUT2D eigenvalue weighted by Crippen LogP contribution is -2.17. The number of nitrogens with one attached hydrogen (secondary N) is 1. The lowest BCUT2D eigenvalue weighted by atomic mass is 10.1. The Balaban J connectivity index is 1.67. The highest BCUT2D eigenvalue weighted by atomic mass is 16.5. The Morgan fingerprint density at radius 2 is 1.83 bits per heavy atom. The van der Waals surface area contributed by atoms with Crippen LogP contribution in [-0.4, -0.2) is 26.0 Å². The van der Waals surface area contributed by atoms with E-state index >= 15 is 0 Å². The molecule has 0 saturated carbocycles. The first kappa shape index (κ1) is 20.3. The van der Waals surface area contributed by atoms with Gasteiger partial charge in [0.05, 0.1) is 14.2 Å². The lowest BCUT2D eigenvalue weighted by Gasteiger charge is -2.09. The number of primary amides is 1. The zero-order valence-electron chi connectivity index (χ0n) is 16.7. The molecule has 3 N–H and O–H groups in total. The van der Waals surface area contributed by atoms with E-state index in [-0.39, 0.29) is 18.1 Å². The van der Waals surface area contributed by atoms with Crippen molar-refractivity contribution in [2.45, 2.75) is 26.2 Å². The number of hydrogen-bond donors (Lipinski definition) is 2. The van der Waals surface area contributed by atoms with E-state index in [2.05, 4.69) is 5.32 Å². The minimum Gasteiger partial charge on any atom is -0.493 e. The van der Waals surface area contributed by atoms with Gasteiger partial charge in [0, 0.05) is 11.8 Å². The van der Waals surface area contributed by atoms with Crippen molar-refractivity contribution >= 4 is 28.5 Å². The van der Waals surface area contributed by atoms with Crippen LogP contribution in [0.4, 0.5) is 5.69 Å². The predicted molar refractivity (Wildman–Crippen MR) is 111 cm³/mol. The number of anilines is 1. The van der Waals surface area contributed by atoms with Crippen LogP contribution in [-0.2, 0) is 11.2 Å². The number of amides is 2. The van der Waals surface area contributed by atoms with Crippen LogP contribution in [0.2, 0.25) is 0 Å². The van der Waals surface area contributed by atoms with Crippen LogP contribution in [0.1, 0.15) is 34.5 Å². The maximum absolute atomic E-state index is 12.5.